The van der Waals surface area contributed by atoms with Gasteiger partial charge in [-0.2, -0.15) is 0 Å². The predicted octanol–water partition coefficient (Wildman–Crippen LogP) is 1.36. The number of carbonyl (C=O) groups is 1. The molecule has 1 aromatic carbocycles. The van der Waals surface area contributed by atoms with E-state index in [4.69, 9.17) is 0 Å². The summed E-state index contributed by atoms with van der Waals surface area (Å²) in [6.07, 6.45) is 1.05. The molecule has 2 heterocycles. The van der Waals surface area contributed by atoms with Crippen molar-refractivity contribution < 1.29 is 4.79 Å². The quantitative estimate of drug-likeness (QED) is 0.875. The van der Waals surface area contributed by atoms with Crippen molar-refractivity contribution in [3.8, 4) is 0 Å². The van der Waals surface area contributed by atoms with Gasteiger partial charge in [-0.1, -0.05) is 38.1 Å². The first-order chi connectivity index (χ1) is 12.2. The van der Waals surface area contributed by atoms with Crippen LogP contribution in [0.4, 0.5) is 0 Å². The molecule has 1 unspecified atom stereocenters. The number of nitrogens with zero attached hydrogens (tertiary/aromatic N) is 3. The highest BCUT2D eigenvalue weighted by Gasteiger charge is 2.29. The van der Waals surface area contributed by atoms with E-state index in [0.29, 0.717) is 6.54 Å². The van der Waals surface area contributed by atoms with E-state index in [9.17, 15) is 4.79 Å². The van der Waals surface area contributed by atoms with Gasteiger partial charge in [0.2, 0.25) is 5.91 Å². The van der Waals surface area contributed by atoms with Crippen LogP contribution in [0.2, 0.25) is 0 Å². The highest BCUT2D eigenvalue weighted by Crippen LogP contribution is 2.23. The Kier molecular flexibility index (Phi) is 6.45. The number of aryl methyl sites for hydroxylation is 1. The highest BCUT2D eigenvalue weighted by atomic mass is 16.2. The van der Waals surface area contributed by atoms with Crippen LogP contribution in [0.1, 0.15) is 31.0 Å². The zero-order valence-corrected chi connectivity index (χ0v) is 15.7. The predicted molar refractivity (Wildman–Crippen MR) is 102 cm³/mol. The van der Waals surface area contributed by atoms with Crippen LogP contribution in [-0.4, -0.2) is 79.5 Å². The molecule has 2 aliphatic rings. The van der Waals surface area contributed by atoms with E-state index in [1.807, 2.05) is 0 Å². The summed E-state index contributed by atoms with van der Waals surface area (Å²) in [6, 6.07) is 8.92. The lowest BCUT2D eigenvalue weighted by Gasteiger charge is -2.39. The van der Waals surface area contributed by atoms with Gasteiger partial charge in [0.25, 0.3) is 0 Å². The van der Waals surface area contributed by atoms with E-state index in [0.717, 1.165) is 58.8 Å². The zero-order valence-electron chi connectivity index (χ0n) is 15.7. The number of hydrogen-bond donors (Lipinski definition) is 1. The molecule has 0 aromatic heterocycles. The summed E-state index contributed by atoms with van der Waals surface area (Å²) in [5, 5.41) is 3.45. The first-order valence-electron chi connectivity index (χ1n) is 9.75. The maximum Gasteiger partial charge on any atom is 0.237 e. The van der Waals surface area contributed by atoms with E-state index in [2.05, 4.69) is 58.1 Å². The molecule has 1 amide bonds. The number of benzene rings is 1. The van der Waals surface area contributed by atoms with Crippen LogP contribution in [0.15, 0.2) is 24.3 Å². The van der Waals surface area contributed by atoms with Crippen molar-refractivity contribution >= 4 is 5.91 Å². The van der Waals surface area contributed by atoms with Crippen LogP contribution in [0.25, 0.3) is 0 Å². The molecule has 3 rings (SSSR count). The van der Waals surface area contributed by atoms with E-state index in [1.165, 1.54) is 11.1 Å². The van der Waals surface area contributed by atoms with Gasteiger partial charge in [0.15, 0.2) is 0 Å². The molecule has 0 spiro atoms. The van der Waals surface area contributed by atoms with Gasteiger partial charge in [-0.05, 0) is 24.1 Å². The third-order valence-electron chi connectivity index (χ3n) is 5.61. The van der Waals surface area contributed by atoms with Crippen LogP contribution in [0, 0.1) is 0 Å². The number of hydrogen-bond acceptors (Lipinski definition) is 4. The molecule has 1 N–H and O–H groups in total. The standard InChI is InChI=1S/C20H32N4O/c1-3-17-5-7-18(8-6-17)19-15-21-9-10-24(19)20(25)16-23-13-11-22(4-2)12-14-23/h5-8,19,21H,3-4,9-16H2,1-2H3. The Labute approximate surface area is 152 Å². The number of amides is 1. The summed E-state index contributed by atoms with van der Waals surface area (Å²) in [4.78, 5) is 19.8. The van der Waals surface area contributed by atoms with Crippen LogP contribution in [-0.2, 0) is 11.2 Å². The van der Waals surface area contributed by atoms with Crippen LogP contribution >= 0.6 is 0 Å². The van der Waals surface area contributed by atoms with Gasteiger partial charge in [-0.15, -0.1) is 0 Å². The second-order valence-corrected chi connectivity index (χ2v) is 7.11. The Morgan fingerprint density at radius 1 is 1.04 bits per heavy atom. The number of piperazine rings is 2. The summed E-state index contributed by atoms with van der Waals surface area (Å²) < 4.78 is 0. The smallest absolute Gasteiger partial charge is 0.237 e. The molecule has 2 aliphatic heterocycles. The van der Waals surface area contributed by atoms with Crippen molar-refractivity contribution in [3.05, 3.63) is 35.4 Å². The van der Waals surface area contributed by atoms with Crippen molar-refractivity contribution in [2.75, 3.05) is 58.9 Å². The molecule has 2 saturated heterocycles. The molecule has 0 radical (unpaired) electrons. The monoisotopic (exact) mass is 344 g/mol. The summed E-state index contributed by atoms with van der Waals surface area (Å²) in [7, 11) is 0. The third kappa shape index (κ3) is 4.60. The highest BCUT2D eigenvalue weighted by molar-refractivity contribution is 5.79. The van der Waals surface area contributed by atoms with Crippen LogP contribution < -0.4 is 5.32 Å². The second kappa shape index (κ2) is 8.79. The fourth-order valence-corrected chi connectivity index (χ4v) is 3.82. The maximum atomic E-state index is 13.0. The van der Waals surface area contributed by atoms with Gasteiger partial charge in [0.1, 0.15) is 0 Å². The topological polar surface area (TPSA) is 38.8 Å². The number of rotatable bonds is 5. The number of likely N-dealkylation sites (N-methyl/N-ethyl adjacent to an activating group) is 1. The van der Waals surface area contributed by atoms with Crippen molar-refractivity contribution in [3.63, 3.8) is 0 Å². The molecule has 1 aromatic rings. The minimum absolute atomic E-state index is 0.157. The lowest BCUT2D eigenvalue weighted by atomic mass is 10.0. The van der Waals surface area contributed by atoms with Gasteiger partial charge in [-0.3, -0.25) is 9.69 Å². The largest absolute Gasteiger partial charge is 0.332 e. The van der Waals surface area contributed by atoms with Crippen LogP contribution in [0.3, 0.4) is 0 Å². The molecule has 1 atom stereocenters. The van der Waals surface area contributed by atoms with Crippen LogP contribution in [0.5, 0.6) is 0 Å². The van der Waals surface area contributed by atoms with Gasteiger partial charge < -0.3 is 15.1 Å². The Bertz CT molecular complexity index is 551. The van der Waals surface area contributed by atoms with Gasteiger partial charge in [0.05, 0.1) is 12.6 Å². The lowest BCUT2D eigenvalue weighted by Crippen LogP contribution is -2.54. The van der Waals surface area contributed by atoms with E-state index in [-0.39, 0.29) is 11.9 Å². The SMILES string of the molecule is CCc1ccc(C2CNCCN2C(=O)CN2CCN(CC)CC2)cc1. The normalized spacial score (nSPS) is 23.0. The Morgan fingerprint density at radius 2 is 1.72 bits per heavy atom. The Balaban J connectivity index is 1.62. The van der Waals surface area contributed by atoms with E-state index in [1.54, 1.807) is 0 Å². The lowest BCUT2D eigenvalue weighted by molar-refractivity contribution is -0.136. The summed E-state index contributed by atoms with van der Waals surface area (Å²) >= 11 is 0. The molecular formula is C20H32N4O. The summed E-state index contributed by atoms with van der Waals surface area (Å²) in [6.45, 7) is 12.7. The molecule has 0 bridgehead atoms. The minimum Gasteiger partial charge on any atom is -0.332 e. The third-order valence-corrected chi connectivity index (χ3v) is 5.61. The molecule has 5 nitrogen and oxygen atoms in total. The van der Waals surface area contributed by atoms with E-state index < -0.39 is 0 Å². The fraction of sp³-hybridized carbons (Fsp3) is 0.650. The molecule has 2 fully saturated rings. The van der Waals surface area contributed by atoms with Crippen molar-refractivity contribution in [1.82, 2.24) is 20.0 Å². The fourth-order valence-electron chi connectivity index (χ4n) is 3.82. The minimum atomic E-state index is 0.157. The summed E-state index contributed by atoms with van der Waals surface area (Å²) in [5.74, 6) is 0.274. The van der Waals surface area contributed by atoms with Gasteiger partial charge in [-0.25, -0.2) is 0 Å². The van der Waals surface area contributed by atoms with Crippen molar-refractivity contribution in [1.29, 1.82) is 0 Å². The summed E-state index contributed by atoms with van der Waals surface area (Å²) in [5.41, 5.74) is 2.59. The molecular weight excluding hydrogens is 312 g/mol. The maximum absolute atomic E-state index is 13.0. The number of carbonyl (C=O) groups excluding carboxylic acids is 1. The number of nitrogens with one attached hydrogen (secondary N) is 1. The first kappa shape index (κ1) is 18.4. The Hall–Kier alpha value is -1.43. The zero-order chi connectivity index (χ0) is 17.6. The Morgan fingerprint density at radius 3 is 2.36 bits per heavy atom. The first-order valence-corrected chi connectivity index (χ1v) is 9.75. The molecule has 5 heteroatoms. The van der Waals surface area contributed by atoms with Gasteiger partial charge >= 0.3 is 0 Å². The van der Waals surface area contributed by atoms with Crippen molar-refractivity contribution in [2.45, 2.75) is 26.3 Å². The molecule has 138 valence electrons. The van der Waals surface area contributed by atoms with E-state index >= 15 is 0 Å². The van der Waals surface area contributed by atoms with Gasteiger partial charge in [0, 0.05) is 45.8 Å². The average molecular weight is 345 g/mol. The second-order valence-electron chi connectivity index (χ2n) is 7.11. The molecule has 0 aliphatic carbocycles. The molecule has 0 saturated carbocycles. The molecule has 25 heavy (non-hydrogen) atoms. The van der Waals surface area contributed by atoms with Crippen molar-refractivity contribution in [2.24, 2.45) is 0 Å². The average Bonchev–Trinajstić information content (AvgIpc) is 2.68.